The normalized spacial score (nSPS) is 20.3. The summed E-state index contributed by atoms with van der Waals surface area (Å²) in [5.74, 6) is -0.339. The molecule has 1 unspecified atom stereocenters. The van der Waals surface area contributed by atoms with Gasteiger partial charge in [0.15, 0.2) is 0 Å². The largest absolute Gasteiger partial charge is 0.364 e. The smallest absolute Gasteiger partial charge is 0.267 e. The minimum absolute atomic E-state index is 0.170. The molecule has 1 atom stereocenters. The van der Waals surface area contributed by atoms with Gasteiger partial charge in [-0.3, -0.25) is 19.5 Å². The molecule has 5 heterocycles. The molecule has 7 rings (SSSR count). The van der Waals surface area contributed by atoms with E-state index < -0.39 is 5.91 Å². The third-order valence-corrected chi connectivity index (χ3v) is 9.60. The van der Waals surface area contributed by atoms with Crippen molar-refractivity contribution in [2.45, 2.75) is 45.1 Å². The molecule has 0 bridgehead atoms. The molecule has 0 saturated carbocycles. The van der Waals surface area contributed by atoms with Gasteiger partial charge in [0, 0.05) is 44.0 Å². The van der Waals surface area contributed by atoms with E-state index in [1.165, 1.54) is 11.1 Å². The van der Waals surface area contributed by atoms with Crippen LogP contribution in [0.4, 0.5) is 0 Å². The van der Waals surface area contributed by atoms with E-state index in [1.807, 2.05) is 24.1 Å². The number of imidazole rings is 1. The van der Waals surface area contributed by atoms with Gasteiger partial charge in [-0.15, -0.1) is 0 Å². The summed E-state index contributed by atoms with van der Waals surface area (Å²) in [6, 6.07) is 10.8. The van der Waals surface area contributed by atoms with Crippen LogP contribution in [-0.4, -0.2) is 67.4 Å². The molecule has 2 N–H and O–H groups in total. The van der Waals surface area contributed by atoms with Crippen LogP contribution < -0.4 is 5.73 Å². The van der Waals surface area contributed by atoms with Crippen LogP contribution in [0.2, 0.25) is 0 Å². The molecule has 10 heteroatoms. The van der Waals surface area contributed by atoms with Gasteiger partial charge in [0.1, 0.15) is 10.7 Å². The third kappa shape index (κ3) is 4.41. The summed E-state index contributed by atoms with van der Waals surface area (Å²) in [7, 11) is 0. The minimum Gasteiger partial charge on any atom is -0.364 e. The van der Waals surface area contributed by atoms with Crippen LogP contribution >= 0.6 is 11.3 Å². The van der Waals surface area contributed by atoms with Gasteiger partial charge >= 0.3 is 0 Å². The number of pyridine rings is 1. The molecule has 1 spiro atoms. The molecule has 2 aliphatic heterocycles. The quantitative estimate of drug-likeness (QED) is 0.415. The first kappa shape index (κ1) is 24.4. The zero-order valence-corrected chi connectivity index (χ0v) is 22.8. The first-order chi connectivity index (χ1) is 18.9. The second-order valence-electron chi connectivity index (χ2n) is 11.3. The maximum Gasteiger partial charge on any atom is 0.267 e. The lowest BCUT2D eigenvalue weighted by Gasteiger charge is -2.56. The zero-order chi connectivity index (χ0) is 26.7. The van der Waals surface area contributed by atoms with Gasteiger partial charge in [-0.25, -0.2) is 9.50 Å². The fraction of sp³-hybridized carbons (Fsp3) is 0.414. The standard InChI is InChI=1S/C29H31N7O2S/c1-18-33-36-15-22(32-28(36)39-18)13-26(37)34-10-8-29(9-11-34)16-35(17-29)25-7-4-20-12-19(2-5-23(20)25)21-3-6-24(27(30)38)31-14-21/h2-3,5-6,12,14-15,25H,4,7-11,13,16-17H2,1H3,(H2,30,38). The second kappa shape index (κ2) is 9.24. The number of piperidine rings is 1. The number of aryl methyl sites for hydroxylation is 2. The number of carbonyl (C=O) groups is 2. The van der Waals surface area contributed by atoms with Crippen molar-refractivity contribution in [1.29, 1.82) is 0 Å². The van der Waals surface area contributed by atoms with Gasteiger partial charge in [-0.05, 0) is 60.8 Å². The number of fused-ring (bicyclic) bond motifs is 2. The van der Waals surface area contributed by atoms with E-state index in [9.17, 15) is 9.59 Å². The van der Waals surface area contributed by atoms with Crippen molar-refractivity contribution in [3.8, 4) is 11.1 Å². The molecule has 200 valence electrons. The van der Waals surface area contributed by atoms with Crippen molar-refractivity contribution in [2.75, 3.05) is 26.2 Å². The molecule has 2 fully saturated rings. The maximum atomic E-state index is 13.0. The van der Waals surface area contributed by atoms with E-state index in [0.717, 1.165) is 78.7 Å². The average Bonchev–Trinajstić information content (AvgIpc) is 3.59. The molecule has 1 aliphatic carbocycles. The fourth-order valence-electron chi connectivity index (χ4n) is 6.64. The Kier molecular flexibility index (Phi) is 5.78. The van der Waals surface area contributed by atoms with Crippen molar-refractivity contribution < 1.29 is 9.59 Å². The molecule has 2 saturated heterocycles. The van der Waals surface area contributed by atoms with E-state index in [0.29, 0.717) is 17.9 Å². The van der Waals surface area contributed by atoms with Crippen LogP contribution in [0.3, 0.4) is 0 Å². The van der Waals surface area contributed by atoms with Crippen molar-refractivity contribution in [3.05, 3.63) is 70.2 Å². The van der Waals surface area contributed by atoms with Crippen LogP contribution in [0.1, 0.15) is 57.6 Å². The molecule has 3 aromatic heterocycles. The molecule has 4 aromatic rings. The lowest BCUT2D eigenvalue weighted by atomic mass is 9.71. The van der Waals surface area contributed by atoms with Crippen molar-refractivity contribution in [3.63, 3.8) is 0 Å². The highest BCUT2D eigenvalue weighted by Gasteiger charge is 2.48. The number of benzene rings is 1. The fourth-order valence-corrected chi connectivity index (χ4v) is 7.39. The number of nitrogens with zero attached hydrogens (tertiary/aromatic N) is 6. The second-order valence-corrected chi connectivity index (χ2v) is 12.5. The molecule has 0 radical (unpaired) electrons. The number of rotatable bonds is 5. The predicted molar refractivity (Wildman–Crippen MR) is 148 cm³/mol. The maximum absolute atomic E-state index is 13.0. The van der Waals surface area contributed by atoms with Gasteiger partial charge in [0.25, 0.3) is 5.91 Å². The lowest BCUT2D eigenvalue weighted by Crippen LogP contribution is -2.61. The summed E-state index contributed by atoms with van der Waals surface area (Å²) in [6.07, 6.45) is 8.32. The Labute approximate surface area is 230 Å². The topological polar surface area (TPSA) is 110 Å². The summed E-state index contributed by atoms with van der Waals surface area (Å²) < 4.78 is 1.78. The van der Waals surface area contributed by atoms with E-state index in [4.69, 9.17) is 5.73 Å². The van der Waals surface area contributed by atoms with Gasteiger partial charge in [0.05, 0.1) is 18.3 Å². The zero-order valence-electron chi connectivity index (χ0n) is 22.0. The Balaban J connectivity index is 0.945. The third-order valence-electron chi connectivity index (χ3n) is 8.76. The highest BCUT2D eigenvalue weighted by molar-refractivity contribution is 7.16. The van der Waals surface area contributed by atoms with Crippen LogP contribution in [0.25, 0.3) is 16.1 Å². The van der Waals surface area contributed by atoms with Gasteiger partial charge in [-0.1, -0.05) is 35.6 Å². The van der Waals surface area contributed by atoms with Crippen LogP contribution in [-0.2, 0) is 17.6 Å². The van der Waals surface area contributed by atoms with Gasteiger partial charge in [-0.2, -0.15) is 5.10 Å². The van der Waals surface area contributed by atoms with E-state index >= 15 is 0 Å². The number of primary amides is 1. The van der Waals surface area contributed by atoms with E-state index in [1.54, 1.807) is 28.1 Å². The summed E-state index contributed by atoms with van der Waals surface area (Å²) >= 11 is 1.55. The first-order valence-electron chi connectivity index (χ1n) is 13.6. The number of hydrogen-bond donors (Lipinski definition) is 1. The predicted octanol–water partition coefficient (Wildman–Crippen LogP) is 3.41. The average molecular weight is 542 g/mol. The Morgan fingerprint density at radius 1 is 1.13 bits per heavy atom. The molecular formula is C29H31N7O2S. The number of amides is 2. The Morgan fingerprint density at radius 3 is 2.64 bits per heavy atom. The molecule has 9 nitrogen and oxygen atoms in total. The van der Waals surface area contributed by atoms with Crippen molar-refractivity contribution >= 4 is 28.1 Å². The summed E-state index contributed by atoms with van der Waals surface area (Å²) in [5, 5.41) is 5.37. The van der Waals surface area contributed by atoms with Crippen LogP contribution in [0.5, 0.6) is 0 Å². The SMILES string of the molecule is Cc1nn2cc(CC(=O)N3CCC4(CC3)CN(C3CCc5cc(-c6ccc(C(N)=O)nc6)ccc53)C4)nc2s1. The van der Waals surface area contributed by atoms with Gasteiger partial charge in [0.2, 0.25) is 10.9 Å². The Bertz CT molecular complexity index is 1540. The number of aromatic nitrogens is 4. The first-order valence-corrected chi connectivity index (χ1v) is 14.4. The molecule has 2 amide bonds. The highest BCUT2D eigenvalue weighted by atomic mass is 32.1. The van der Waals surface area contributed by atoms with Crippen molar-refractivity contribution in [1.82, 2.24) is 29.4 Å². The van der Waals surface area contributed by atoms with Crippen LogP contribution in [0, 0.1) is 12.3 Å². The molecule has 1 aromatic carbocycles. The summed E-state index contributed by atoms with van der Waals surface area (Å²) in [6.45, 7) is 5.85. The van der Waals surface area contributed by atoms with E-state index in [-0.39, 0.29) is 11.6 Å². The highest BCUT2D eigenvalue weighted by Crippen LogP contribution is 2.48. The number of carbonyl (C=O) groups excluding carboxylic acids is 2. The number of nitrogens with two attached hydrogens (primary N) is 1. The molecule has 39 heavy (non-hydrogen) atoms. The number of likely N-dealkylation sites (tertiary alicyclic amines) is 2. The Hall–Kier alpha value is -3.63. The molecule has 3 aliphatic rings. The minimum atomic E-state index is -0.509. The molecular weight excluding hydrogens is 510 g/mol. The monoisotopic (exact) mass is 541 g/mol. The Morgan fingerprint density at radius 2 is 1.92 bits per heavy atom. The van der Waals surface area contributed by atoms with E-state index in [2.05, 4.69) is 38.2 Å². The lowest BCUT2D eigenvalue weighted by molar-refractivity contribution is -0.136. The number of hydrogen-bond acceptors (Lipinski definition) is 7. The van der Waals surface area contributed by atoms with Gasteiger partial charge < -0.3 is 10.6 Å². The summed E-state index contributed by atoms with van der Waals surface area (Å²) in [5.41, 5.74) is 11.7. The van der Waals surface area contributed by atoms with Crippen LogP contribution in [0.15, 0.2) is 42.7 Å². The van der Waals surface area contributed by atoms with Crippen molar-refractivity contribution in [2.24, 2.45) is 11.1 Å². The summed E-state index contributed by atoms with van der Waals surface area (Å²) in [4.78, 5) is 38.6.